The molecule has 0 N–H and O–H groups in total. The number of aryl methyl sites for hydroxylation is 3. The molecule has 0 radical (unpaired) electrons. The zero-order chi connectivity index (χ0) is 21.1. The molecule has 0 aliphatic carbocycles. The molecule has 0 aliphatic heterocycles. The van der Waals surface area contributed by atoms with Crippen molar-refractivity contribution >= 4 is 28.9 Å². The number of hydrogen-bond donors (Lipinski definition) is 0. The van der Waals surface area contributed by atoms with Crippen molar-refractivity contribution in [2.24, 2.45) is 0 Å². The molecule has 0 amide bonds. The van der Waals surface area contributed by atoms with E-state index in [1.807, 2.05) is 35.8 Å². The zero-order valence-electron chi connectivity index (χ0n) is 17.3. The molecule has 0 saturated carbocycles. The number of hydrogen-bond acceptors (Lipinski definition) is 5. The van der Waals surface area contributed by atoms with Gasteiger partial charge in [-0.25, -0.2) is 0 Å². The van der Waals surface area contributed by atoms with Gasteiger partial charge in [0.1, 0.15) is 6.33 Å². The molecule has 154 valence electrons. The van der Waals surface area contributed by atoms with Crippen LogP contribution in [0.15, 0.2) is 59.3 Å². The number of benzene rings is 1. The number of aromatic nitrogens is 4. The van der Waals surface area contributed by atoms with Crippen molar-refractivity contribution < 1.29 is 4.79 Å². The topological polar surface area (TPSA) is 52.7 Å². The Kier molecular flexibility index (Phi) is 6.20. The minimum atomic E-state index is 0.120. The van der Waals surface area contributed by atoms with Gasteiger partial charge in [-0.3, -0.25) is 9.36 Å². The number of thiophene rings is 1. The second kappa shape index (κ2) is 9.02. The van der Waals surface area contributed by atoms with E-state index >= 15 is 0 Å². The third kappa shape index (κ3) is 4.27. The number of thioether (sulfide) groups is 1. The van der Waals surface area contributed by atoms with E-state index in [1.54, 1.807) is 17.7 Å². The maximum atomic E-state index is 13.0. The summed E-state index contributed by atoms with van der Waals surface area (Å²) in [6, 6.07) is 14.3. The summed E-state index contributed by atoms with van der Waals surface area (Å²) >= 11 is 3.20. The van der Waals surface area contributed by atoms with Crippen LogP contribution in [-0.4, -0.2) is 30.9 Å². The molecule has 1 aromatic carbocycles. The van der Waals surface area contributed by atoms with E-state index in [9.17, 15) is 4.79 Å². The number of Topliss-reactive ketones (excluding diaryl/α,β-unsaturated/α-hetero) is 1. The quantitative estimate of drug-likeness (QED) is 0.279. The smallest absolute Gasteiger partial charge is 0.196 e. The van der Waals surface area contributed by atoms with Crippen LogP contribution in [0.3, 0.4) is 0 Å². The fourth-order valence-electron chi connectivity index (χ4n) is 3.63. The zero-order valence-corrected chi connectivity index (χ0v) is 19.0. The second-order valence-electron chi connectivity index (χ2n) is 7.25. The third-order valence-electron chi connectivity index (χ3n) is 5.26. The highest BCUT2D eigenvalue weighted by atomic mass is 32.2. The third-order valence-corrected chi connectivity index (χ3v) is 7.14. The SMILES string of the molecule is Cc1ccccc1-n1cnnc1SCC(=O)c1cc(C)n(CCc2cccs2)c1C. The Balaban J connectivity index is 1.46. The molecular weight excluding hydrogens is 412 g/mol. The van der Waals surface area contributed by atoms with Crippen molar-refractivity contribution in [2.45, 2.75) is 38.9 Å². The minimum Gasteiger partial charge on any atom is -0.348 e. The van der Waals surface area contributed by atoms with Crippen molar-refractivity contribution in [3.8, 4) is 5.69 Å². The summed E-state index contributed by atoms with van der Waals surface area (Å²) < 4.78 is 4.19. The van der Waals surface area contributed by atoms with Crippen LogP contribution in [0.5, 0.6) is 0 Å². The van der Waals surface area contributed by atoms with Gasteiger partial charge in [0.25, 0.3) is 0 Å². The van der Waals surface area contributed by atoms with Gasteiger partial charge in [0.15, 0.2) is 10.9 Å². The van der Waals surface area contributed by atoms with Crippen LogP contribution >= 0.6 is 23.1 Å². The van der Waals surface area contributed by atoms with Gasteiger partial charge in [0, 0.05) is 28.4 Å². The first kappa shape index (κ1) is 20.6. The predicted octanol–water partition coefficient (Wildman–Crippen LogP) is 5.27. The molecule has 0 saturated heterocycles. The summed E-state index contributed by atoms with van der Waals surface area (Å²) in [6.07, 6.45) is 2.68. The number of ketones is 1. The lowest BCUT2D eigenvalue weighted by Crippen LogP contribution is -2.08. The molecule has 0 aliphatic rings. The van der Waals surface area contributed by atoms with Crippen LogP contribution in [0, 0.1) is 20.8 Å². The Bertz CT molecular complexity index is 1160. The summed E-state index contributed by atoms with van der Waals surface area (Å²) in [5, 5.41) is 11.1. The van der Waals surface area contributed by atoms with E-state index in [4.69, 9.17) is 0 Å². The average Bonchev–Trinajstić information content (AvgIpc) is 3.47. The van der Waals surface area contributed by atoms with Crippen LogP contribution in [0.25, 0.3) is 5.69 Å². The minimum absolute atomic E-state index is 0.120. The first-order valence-corrected chi connectivity index (χ1v) is 11.7. The maximum absolute atomic E-state index is 13.0. The van der Waals surface area contributed by atoms with E-state index in [-0.39, 0.29) is 5.78 Å². The fourth-order valence-corrected chi connectivity index (χ4v) is 5.14. The van der Waals surface area contributed by atoms with Crippen molar-refractivity contribution in [3.05, 3.63) is 81.6 Å². The number of carbonyl (C=O) groups is 1. The van der Waals surface area contributed by atoms with Gasteiger partial charge in [0.2, 0.25) is 0 Å². The van der Waals surface area contributed by atoms with Gasteiger partial charge >= 0.3 is 0 Å². The second-order valence-corrected chi connectivity index (χ2v) is 9.22. The largest absolute Gasteiger partial charge is 0.348 e. The highest BCUT2D eigenvalue weighted by Crippen LogP contribution is 2.24. The number of rotatable bonds is 8. The summed E-state index contributed by atoms with van der Waals surface area (Å²) in [6.45, 7) is 7.05. The lowest BCUT2D eigenvalue weighted by atomic mass is 10.2. The molecule has 4 rings (SSSR count). The number of para-hydroxylation sites is 1. The van der Waals surface area contributed by atoms with Crippen molar-refractivity contribution in [1.82, 2.24) is 19.3 Å². The van der Waals surface area contributed by atoms with E-state index in [2.05, 4.69) is 52.2 Å². The fraction of sp³-hybridized carbons (Fsp3) is 0.261. The molecule has 3 heterocycles. The maximum Gasteiger partial charge on any atom is 0.196 e. The molecule has 0 bridgehead atoms. The van der Waals surface area contributed by atoms with Gasteiger partial charge in [-0.05, 0) is 56.3 Å². The Hall–Kier alpha value is -2.64. The first-order valence-electron chi connectivity index (χ1n) is 9.85. The standard InChI is InChI=1S/C23H24N4OS2/c1-16-7-4-5-9-21(16)27-15-24-25-23(27)30-14-22(28)20-13-17(2)26(18(20)3)11-10-19-8-6-12-29-19/h4-9,12-13,15H,10-11,14H2,1-3H3. The molecule has 0 spiro atoms. The molecule has 5 nitrogen and oxygen atoms in total. The molecule has 0 unspecified atom stereocenters. The van der Waals surface area contributed by atoms with Crippen molar-refractivity contribution in [1.29, 1.82) is 0 Å². The molecule has 4 aromatic rings. The molecular formula is C23H24N4OS2. The van der Waals surface area contributed by atoms with E-state index in [0.29, 0.717) is 5.75 Å². The summed E-state index contributed by atoms with van der Waals surface area (Å²) in [7, 11) is 0. The summed E-state index contributed by atoms with van der Waals surface area (Å²) in [4.78, 5) is 14.3. The highest BCUT2D eigenvalue weighted by Gasteiger charge is 2.18. The summed E-state index contributed by atoms with van der Waals surface area (Å²) in [5.41, 5.74) is 5.13. The Morgan fingerprint density at radius 1 is 1.13 bits per heavy atom. The van der Waals surface area contributed by atoms with Crippen LogP contribution in [0.2, 0.25) is 0 Å². The van der Waals surface area contributed by atoms with Gasteiger partial charge in [-0.1, -0.05) is 36.0 Å². The van der Waals surface area contributed by atoms with Crippen molar-refractivity contribution in [3.63, 3.8) is 0 Å². The number of nitrogens with zero attached hydrogens (tertiary/aromatic N) is 4. The van der Waals surface area contributed by atoms with Gasteiger partial charge in [-0.2, -0.15) is 0 Å². The molecule has 0 atom stereocenters. The van der Waals surface area contributed by atoms with Crippen LogP contribution in [0.1, 0.15) is 32.2 Å². The predicted molar refractivity (Wildman–Crippen MR) is 123 cm³/mol. The summed E-state index contributed by atoms with van der Waals surface area (Å²) in [5.74, 6) is 0.453. The van der Waals surface area contributed by atoms with Gasteiger partial charge < -0.3 is 4.57 Å². The Morgan fingerprint density at radius 2 is 1.97 bits per heavy atom. The van der Waals surface area contributed by atoms with E-state index < -0.39 is 0 Å². The Labute approximate surface area is 184 Å². The van der Waals surface area contributed by atoms with Crippen molar-refractivity contribution in [2.75, 3.05) is 5.75 Å². The lowest BCUT2D eigenvalue weighted by Gasteiger charge is -2.10. The van der Waals surface area contributed by atoms with Gasteiger partial charge in [0.05, 0.1) is 11.4 Å². The number of carbonyl (C=O) groups excluding carboxylic acids is 1. The first-order chi connectivity index (χ1) is 14.5. The monoisotopic (exact) mass is 436 g/mol. The molecule has 0 fully saturated rings. The molecule has 7 heteroatoms. The average molecular weight is 437 g/mol. The van der Waals surface area contributed by atoms with E-state index in [1.165, 1.54) is 16.6 Å². The van der Waals surface area contributed by atoms with Gasteiger partial charge in [-0.15, -0.1) is 21.5 Å². The van der Waals surface area contributed by atoms with E-state index in [0.717, 1.165) is 46.3 Å². The Morgan fingerprint density at radius 3 is 2.73 bits per heavy atom. The lowest BCUT2D eigenvalue weighted by molar-refractivity contribution is 0.102. The molecule has 3 aromatic heterocycles. The highest BCUT2D eigenvalue weighted by molar-refractivity contribution is 7.99. The normalized spacial score (nSPS) is 11.2. The van der Waals surface area contributed by atoms with Crippen LogP contribution in [-0.2, 0) is 13.0 Å². The van der Waals surface area contributed by atoms with Crippen LogP contribution in [0.4, 0.5) is 0 Å². The molecule has 30 heavy (non-hydrogen) atoms. The van der Waals surface area contributed by atoms with Crippen LogP contribution < -0.4 is 0 Å².